The highest BCUT2D eigenvalue weighted by atomic mass is 16.5. The van der Waals surface area contributed by atoms with E-state index in [0.717, 1.165) is 56.5 Å². The highest BCUT2D eigenvalue weighted by Crippen LogP contribution is 2.29. The average molecular weight is 352 g/mol. The highest BCUT2D eigenvalue weighted by Gasteiger charge is 2.39. The Morgan fingerprint density at radius 1 is 1.16 bits per heavy atom. The molecule has 1 atom stereocenters. The highest BCUT2D eigenvalue weighted by molar-refractivity contribution is 5.94. The number of aryl methyl sites for hydroxylation is 1. The van der Waals surface area contributed by atoms with Crippen LogP contribution >= 0.6 is 0 Å². The minimum absolute atomic E-state index is 0.0348. The van der Waals surface area contributed by atoms with Gasteiger partial charge in [0, 0.05) is 23.6 Å². The van der Waals surface area contributed by atoms with Crippen LogP contribution in [0.15, 0.2) is 4.52 Å². The minimum atomic E-state index is -0.132. The van der Waals surface area contributed by atoms with E-state index >= 15 is 0 Å². The smallest absolute Gasteiger partial charge is 0.274 e. The van der Waals surface area contributed by atoms with Crippen molar-refractivity contribution in [2.75, 3.05) is 13.1 Å². The van der Waals surface area contributed by atoms with Gasteiger partial charge in [0.1, 0.15) is 5.76 Å². The van der Waals surface area contributed by atoms with Crippen LogP contribution in [0.25, 0.3) is 0 Å². The van der Waals surface area contributed by atoms with Crippen LogP contribution in [0.3, 0.4) is 0 Å². The molecule has 1 heterocycles. The first kappa shape index (κ1) is 21.7. The molecule has 0 saturated heterocycles. The Morgan fingerprint density at radius 3 is 2.12 bits per heavy atom. The van der Waals surface area contributed by atoms with Gasteiger partial charge in [-0.15, -0.1) is 0 Å². The fourth-order valence-corrected chi connectivity index (χ4v) is 3.99. The van der Waals surface area contributed by atoms with E-state index in [9.17, 15) is 4.79 Å². The van der Waals surface area contributed by atoms with Crippen molar-refractivity contribution in [2.45, 2.75) is 92.2 Å². The van der Waals surface area contributed by atoms with Crippen molar-refractivity contribution in [3.8, 4) is 0 Å². The molecule has 25 heavy (non-hydrogen) atoms. The van der Waals surface area contributed by atoms with Gasteiger partial charge in [-0.3, -0.25) is 9.69 Å². The number of nitrogens with zero attached hydrogens (tertiary/aromatic N) is 2. The fraction of sp³-hybridized carbons (Fsp3) is 0.800. The summed E-state index contributed by atoms with van der Waals surface area (Å²) >= 11 is 0. The number of carbonyl (C=O) groups excluding carboxylic acids is 1. The van der Waals surface area contributed by atoms with E-state index in [-0.39, 0.29) is 17.5 Å². The number of hydrogen-bond donors (Lipinski definition) is 1. The molecular weight excluding hydrogens is 314 g/mol. The summed E-state index contributed by atoms with van der Waals surface area (Å²) < 4.78 is 5.29. The molecule has 0 bridgehead atoms. The number of rotatable bonds is 11. The minimum Gasteiger partial charge on any atom is -0.360 e. The van der Waals surface area contributed by atoms with Gasteiger partial charge in [0.05, 0.1) is 0 Å². The Balaban J connectivity index is 3.03. The lowest BCUT2D eigenvalue weighted by Gasteiger charge is -2.47. The zero-order chi connectivity index (χ0) is 19.0. The lowest BCUT2D eigenvalue weighted by molar-refractivity contribution is 0.0424. The van der Waals surface area contributed by atoms with Gasteiger partial charge < -0.3 is 9.84 Å². The molecule has 0 spiro atoms. The third-order valence-corrected chi connectivity index (χ3v) is 5.55. The standard InChI is InChI=1S/C20H37N3O2/c1-8-13-23(14-9-2)20(11-4,12-5)16(7)21-19(24)18-15(6)17(10-3)25-22-18/h16H,8-14H2,1-7H3,(H,21,24). The molecule has 1 N–H and O–H groups in total. The van der Waals surface area contributed by atoms with Crippen molar-refractivity contribution < 1.29 is 9.32 Å². The van der Waals surface area contributed by atoms with Crippen LogP contribution in [-0.2, 0) is 6.42 Å². The summed E-state index contributed by atoms with van der Waals surface area (Å²) in [7, 11) is 0. The second-order valence-corrected chi connectivity index (χ2v) is 6.93. The zero-order valence-electron chi connectivity index (χ0n) is 17.2. The van der Waals surface area contributed by atoms with E-state index in [1.165, 1.54) is 0 Å². The molecule has 144 valence electrons. The number of aromatic nitrogens is 1. The SMILES string of the molecule is CCCN(CCC)C(CC)(CC)C(C)NC(=O)c1noc(CC)c1C. The van der Waals surface area contributed by atoms with Gasteiger partial charge in [-0.1, -0.05) is 39.8 Å². The first-order chi connectivity index (χ1) is 11.9. The summed E-state index contributed by atoms with van der Waals surface area (Å²) in [5.41, 5.74) is 1.24. The van der Waals surface area contributed by atoms with Crippen LogP contribution in [0, 0.1) is 6.92 Å². The average Bonchev–Trinajstić information content (AvgIpc) is 2.97. The molecule has 0 aromatic carbocycles. The van der Waals surface area contributed by atoms with Crippen LogP contribution < -0.4 is 5.32 Å². The van der Waals surface area contributed by atoms with Crippen molar-refractivity contribution in [3.63, 3.8) is 0 Å². The third-order valence-electron chi connectivity index (χ3n) is 5.55. The van der Waals surface area contributed by atoms with Gasteiger partial charge in [-0.25, -0.2) is 0 Å². The molecule has 0 aliphatic rings. The van der Waals surface area contributed by atoms with Gasteiger partial charge in [0.2, 0.25) is 0 Å². The van der Waals surface area contributed by atoms with Crippen LogP contribution in [0.2, 0.25) is 0 Å². The maximum Gasteiger partial charge on any atom is 0.274 e. The van der Waals surface area contributed by atoms with Crippen molar-refractivity contribution >= 4 is 5.91 Å². The van der Waals surface area contributed by atoms with Gasteiger partial charge in [0.15, 0.2) is 5.69 Å². The molecule has 1 aromatic rings. The van der Waals surface area contributed by atoms with Crippen molar-refractivity contribution in [2.24, 2.45) is 0 Å². The van der Waals surface area contributed by atoms with Crippen LogP contribution in [0.1, 0.15) is 89.0 Å². The number of nitrogens with one attached hydrogen (secondary N) is 1. The second kappa shape index (κ2) is 9.95. The monoisotopic (exact) mass is 351 g/mol. The lowest BCUT2D eigenvalue weighted by Crippen LogP contribution is -2.61. The summed E-state index contributed by atoms with van der Waals surface area (Å²) in [5.74, 6) is 0.654. The van der Waals surface area contributed by atoms with E-state index < -0.39 is 0 Å². The van der Waals surface area contributed by atoms with Crippen LogP contribution in [0.4, 0.5) is 0 Å². The maximum atomic E-state index is 12.8. The maximum absolute atomic E-state index is 12.8. The van der Waals surface area contributed by atoms with Gasteiger partial charge in [-0.05, 0) is 52.6 Å². The molecule has 5 heteroatoms. The molecule has 0 aliphatic heterocycles. The van der Waals surface area contributed by atoms with Gasteiger partial charge >= 0.3 is 0 Å². The Morgan fingerprint density at radius 2 is 1.72 bits per heavy atom. The molecule has 0 saturated carbocycles. The van der Waals surface area contributed by atoms with Crippen LogP contribution in [-0.4, -0.2) is 40.6 Å². The predicted molar refractivity (Wildman–Crippen MR) is 103 cm³/mol. The number of carbonyl (C=O) groups is 1. The largest absolute Gasteiger partial charge is 0.360 e. The molecule has 1 unspecified atom stereocenters. The third kappa shape index (κ3) is 4.63. The van der Waals surface area contributed by atoms with Crippen molar-refractivity contribution in [1.29, 1.82) is 0 Å². The van der Waals surface area contributed by atoms with Crippen LogP contribution in [0.5, 0.6) is 0 Å². The molecule has 0 fully saturated rings. The molecular formula is C20H37N3O2. The molecule has 1 aromatic heterocycles. The first-order valence-electron chi connectivity index (χ1n) is 9.92. The molecule has 1 rings (SSSR count). The first-order valence-corrected chi connectivity index (χ1v) is 9.92. The Bertz CT molecular complexity index is 529. The topological polar surface area (TPSA) is 58.4 Å². The normalized spacial score (nSPS) is 13.3. The predicted octanol–water partition coefficient (Wildman–Crippen LogP) is 4.34. The molecule has 0 aliphatic carbocycles. The Hall–Kier alpha value is -1.36. The summed E-state index contributed by atoms with van der Waals surface area (Å²) in [6.45, 7) is 17.0. The number of hydrogen-bond acceptors (Lipinski definition) is 4. The summed E-state index contributed by atoms with van der Waals surface area (Å²) in [4.78, 5) is 15.3. The molecule has 5 nitrogen and oxygen atoms in total. The van der Waals surface area contributed by atoms with E-state index in [1.54, 1.807) is 0 Å². The summed E-state index contributed by atoms with van der Waals surface area (Å²) in [5, 5.41) is 7.20. The van der Waals surface area contributed by atoms with Gasteiger partial charge in [0.25, 0.3) is 5.91 Å². The van der Waals surface area contributed by atoms with E-state index in [0.29, 0.717) is 5.69 Å². The van der Waals surface area contributed by atoms with E-state index in [4.69, 9.17) is 4.52 Å². The Kier molecular flexibility index (Phi) is 8.63. The fourth-order valence-electron chi connectivity index (χ4n) is 3.99. The van der Waals surface area contributed by atoms with Crippen molar-refractivity contribution in [3.05, 3.63) is 17.0 Å². The molecule has 1 amide bonds. The number of amides is 1. The quantitative estimate of drug-likeness (QED) is 0.644. The van der Waals surface area contributed by atoms with Gasteiger partial charge in [-0.2, -0.15) is 0 Å². The second-order valence-electron chi connectivity index (χ2n) is 6.93. The summed E-state index contributed by atoms with van der Waals surface area (Å²) in [6, 6.07) is 0.0364. The van der Waals surface area contributed by atoms with E-state index in [2.05, 4.69) is 50.0 Å². The molecule has 0 radical (unpaired) electrons. The van der Waals surface area contributed by atoms with E-state index in [1.807, 2.05) is 13.8 Å². The van der Waals surface area contributed by atoms with Crippen molar-refractivity contribution in [1.82, 2.24) is 15.4 Å². The lowest BCUT2D eigenvalue weighted by atomic mass is 9.82. The summed E-state index contributed by atoms with van der Waals surface area (Å²) in [6.07, 6.45) is 4.98. The zero-order valence-corrected chi connectivity index (χ0v) is 17.2. The Labute approximate surface area is 153 Å².